The minimum absolute atomic E-state index is 0.0313. The SMILES string of the molecule is C[C@H]1CN=C2N=NCC23C=C[C@H](c2c(F)cc(NC4CN(CCCF)C4)cc2F)C(CC(C)(F)CO)=C13. The fraction of sp³-hybridized carbons (Fsp3) is 0.593. The van der Waals surface area contributed by atoms with Crippen LogP contribution >= 0.6 is 0 Å². The Bertz CT molecular complexity index is 1150. The van der Waals surface area contributed by atoms with Crippen LogP contribution < -0.4 is 5.32 Å². The highest BCUT2D eigenvalue weighted by molar-refractivity contribution is 5.96. The summed E-state index contributed by atoms with van der Waals surface area (Å²) in [6.45, 7) is 4.96. The molecule has 2 N–H and O–H groups in total. The van der Waals surface area contributed by atoms with E-state index < -0.39 is 35.2 Å². The van der Waals surface area contributed by atoms with Crippen LogP contribution in [0.3, 0.4) is 0 Å². The van der Waals surface area contributed by atoms with E-state index in [9.17, 15) is 9.50 Å². The molecule has 0 radical (unpaired) electrons. The minimum atomic E-state index is -1.97. The maximum absolute atomic E-state index is 15.6. The van der Waals surface area contributed by atoms with E-state index in [0.717, 1.165) is 5.57 Å². The van der Waals surface area contributed by atoms with Gasteiger partial charge in [-0.25, -0.2) is 13.2 Å². The molecule has 0 aromatic heterocycles. The molecule has 1 spiro atoms. The molecular formula is C27H33F4N5O. The van der Waals surface area contributed by atoms with Crippen LogP contribution in [0.1, 0.15) is 38.2 Å². The number of allylic oxidation sites excluding steroid dienone is 2. The van der Waals surface area contributed by atoms with Gasteiger partial charge in [-0.3, -0.25) is 14.3 Å². The Morgan fingerprint density at radius 3 is 2.65 bits per heavy atom. The van der Waals surface area contributed by atoms with Gasteiger partial charge in [0, 0.05) is 49.8 Å². The predicted molar refractivity (Wildman–Crippen MR) is 135 cm³/mol. The van der Waals surface area contributed by atoms with Crippen molar-refractivity contribution in [3.63, 3.8) is 0 Å². The van der Waals surface area contributed by atoms with E-state index in [1.807, 2.05) is 13.0 Å². The van der Waals surface area contributed by atoms with Gasteiger partial charge in [-0.05, 0) is 37.0 Å². The summed E-state index contributed by atoms with van der Waals surface area (Å²) < 4.78 is 58.8. The van der Waals surface area contributed by atoms with Crippen LogP contribution in [0, 0.1) is 23.0 Å². The van der Waals surface area contributed by atoms with Crippen LogP contribution in [0.4, 0.5) is 23.2 Å². The Hall–Kier alpha value is -2.59. The highest BCUT2D eigenvalue weighted by atomic mass is 19.1. The molecule has 6 nitrogen and oxygen atoms in total. The summed E-state index contributed by atoms with van der Waals surface area (Å²) in [4.78, 5) is 6.64. The van der Waals surface area contributed by atoms with Crippen LogP contribution in [-0.4, -0.2) is 73.6 Å². The summed E-state index contributed by atoms with van der Waals surface area (Å²) in [6.07, 6.45) is 3.87. The van der Waals surface area contributed by atoms with Gasteiger partial charge in [-0.1, -0.05) is 24.6 Å². The summed E-state index contributed by atoms with van der Waals surface area (Å²) >= 11 is 0. The van der Waals surface area contributed by atoms with Crippen LogP contribution in [0.15, 0.2) is 50.7 Å². The molecule has 37 heavy (non-hydrogen) atoms. The molecule has 3 heterocycles. The second-order valence-corrected chi connectivity index (χ2v) is 11.0. The smallest absolute Gasteiger partial charge is 0.161 e. The molecule has 1 aromatic rings. The van der Waals surface area contributed by atoms with Gasteiger partial charge in [0.15, 0.2) is 5.84 Å². The number of anilines is 1. The zero-order valence-electron chi connectivity index (χ0n) is 21.2. The number of rotatable bonds is 9. The van der Waals surface area contributed by atoms with Crippen LogP contribution in [0.25, 0.3) is 0 Å². The largest absolute Gasteiger partial charge is 0.393 e. The van der Waals surface area contributed by atoms with Crippen molar-refractivity contribution >= 4 is 11.5 Å². The molecule has 4 atom stereocenters. The van der Waals surface area contributed by atoms with Gasteiger partial charge < -0.3 is 10.4 Å². The number of aliphatic hydroxyl groups excluding tert-OH is 1. The second kappa shape index (κ2) is 9.94. The molecule has 1 fully saturated rings. The number of azo groups is 1. The van der Waals surface area contributed by atoms with Gasteiger partial charge in [0.2, 0.25) is 0 Å². The number of aliphatic imine (C=N–C) groups is 1. The van der Waals surface area contributed by atoms with E-state index in [0.29, 0.717) is 56.2 Å². The first-order valence-corrected chi connectivity index (χ1v) is 12.9. The third-order valence-corrected chi connectivity index (χ3v) is 7.88. The minimum Gasteiger partial charge on any atom is -0.393 e. The van der Waals surface area contributed by atoms with Crippen molar-refractivity contribution in [1.82, 2.24) is 4.90 Å². The Morgan fingerprint density at radius 2 is 1.97 bits per heavy atom. The van der Waals surface area contributed by atoms with Crippen molar-refractivity contribution < 1.29 is 22.7 Å². The molecule has 1 aromatic carbocycles. The van der Waals surface area contributed by atoms with E-state index in [4.69, 9.17) is 0 Å². The average molecular weight is 520 g/mol. The van der Waals surface area contributed by atoms with Crippen molar-refractivity contribution in [3.8, 4) is 0 Å². The van der Waals surface area contributed by atoms with Crippen molar-refractivity contribution in [3.05, 3.63) is 52.6 Å². The van der Waals surface area contributed by atoms with Gasteiger partial charge >= 0.3 is 0 Å². The van der Waals surface area contributed by atoms with Crippen LogP contribution in [0.5, 0.6) is 0 Å². The standard InChI is InChI=1S/C27H33F4N5O/c1-16-11-32-25-27(14-33-35-25)5-4-19(20(24(16)27)10-26(2,31)15-37)23-21(29)8-17(9-22(23)30)34-18-12-36(13-18)7-3-6-28/h4-5,8-9,16,18-19,34,37H,3,6-7,10-15H2,1-2H3/t16-,19-,26?,27?/m0/s1. The summed E-state index contributed by atoms with van der Waals surface area (Å²) in [6, 6.07) is 2.59. The third-order valence-electron chi connectivity index (χ3n) is 7.88. The Kier molecular flexibility index (Phi) is 7.00. The maximum atomic E-state index is 15.6. The highest BCUT2D eigenvalue weighted by Gasteiger charge is 2.50. The zero-order valence-corrected chi connectivity index (χ0v) is 21.2. The van der Waals surface area contributed by atoms with Crippen LogP contribution in [-0.2, 0) is 0 Å². The van der Waals surface area contributed by atoms with Gasteiger partial charge in [-0.2, -0.15) is 5.11 Å². The molecule has 0 saturated carbocycles. The number of hydrogen-bond donors (Lipinski definition) is 2. The normalized spacial score (nSPS) is 29.0. The third kappa shape index (κ3) is 4.74. The molecule has 1 aliphatic carbocycles. The number of halogens is 4. The van der Waals surface area contributed by atoms with Crippen LogP contribution in [0.2, 0.25) is 0 Å². The summed E-state index contributed by atoms with van der Waals surface area (Å²) in [5.41, 5.74) is -1.12. The number of nitrogens with zero attached hydrogens (tertiary/aromatic N) is 4. The van der Waals surface area contributed by atoms with E-state index in [1.165, 1.54) is 19.1 Å². The molecule has 4 aliphatic rings. The van der Waals surface area contributed by atoms with Gasteiger partial charge in [0.25, 0.3) is 0 Å². The average Bonchev–Trinajstić information content (AvgIpc) is 3.24. The summed E-state index contributed by atoms with van der Waals surface area (Å²) in [5, 5.41) is 21.2. The molecule has 0 bridgehead atoms. The zero-order chi connectivity index (χ0) is 26.4. The Labute approximate surface area is 214 Å². The highest BCUT2D eigenvalue weighted by Crippen LogP contribution is 2.53. The fourth-order valence-corrected chi connectivity index (χ4v) is 6.13. The molecule has 5 rings (SSSR count). The molecule has 3 aliphatic heterocycles. The Balaban J connectivity index is 1.47. The number of amidine groups is 1. The molecule has 1 saturated heterocycles. The monoisotopic (exact) mass is 519 g/mol. The Morgan fingerprint density at radius 1 is 1.24 bits per heavy atom. The van der Waals surface area contributed by atoms with Crippen molar-refractivity contribution in [1.29, 1.82) is 0 Å². The van der Waals surface area contributed by atoms with E-state index in [-0.39, 0.29) is 30.6 Å². The topological polar surface area (TPSA) is 72.6 Å². The lowest BCUT2D eigenvalue weighted by atomic mass is 9.63. The van der Waals surface area contributed by atoms with Gasteiger partial charge in [0.1, 0.15) is 17.3 Å². The molecule has 10 heteroatoms. The van der Waals surface area contributed by atoms with E-state index in [2.05, 4.69) is 25.4 Å². The lowest BCUT2D eigenvalue weighted by Crippen LogP contribution is -2.54. The number of alkyl halides is 2. The van der Waals surface area contributed by atoms with Crippen molar-refractivity contribution in [2.45, 2.75) is 44.3 Å². The second-order valence-electron chi connectivity index (χ2n) is 11.0. The van der Waals surface area contributed by atoms with Crippen molar-refractivity contribution in [2.24, 2.45) is 26.6 Å². The quantitative estimate of drug-likeness (QED) is 0.357. The first kappa shape index (κ1) is 26.0. The van der Waals surface area contributed by atoms with Crippen molar-refractivity contribution in [2.75, 3.05) is 51.3 Å². The maximum Gasteiger partial charge on any atom is 0.161 e. The number of likely N-dealkylation sites (tertiary alicyclic amines) is 1. The van der Waals surface area contributed by atoms with Gasteiger partial charge in [0.05, 0.1) is 31.3 Å². The molecule has 200 valence electrons. The molecule has 0 amide bonds. The van der Waals surface area contributed by atoms with E-state index >= 15 is 13.2 Å². The number of nitrogens with one attached hydrogen (secondary N) is 1. The lowest BCUT2D eigenvalue weighted by Gasteiger charge is -2.42. The number of aliphatic hydroxyl groups is 1. The summed E-state index contributed by atoms with van der Waals surface area (Å²) in [7, 11) is 0. The number of hydrogen-bond acceptors (Lipinski definition) is 6. The molecular weight excluding hydrogens is 486 g/mol. The summed E-state index contributed by atoms with van der Waals surface area (Å²) in [5.74, 6) is -1.84. The predicted octanol–water partition coefficient (Wildman–Crippen LogP) is 4.98. The first-order valence-electron chi connectivity index (χ1n) is 12.9. The first-order chi connectivity index (χ1) is 17.7. The number of benzene rings is 1. The fourth-order valence-electron chi connectivity index (χ4n) is 6.13. The molecule has 2 unspecified atom stereocenters. The lowest BCUT2D eigenvalue weighted by molar-refractivity contribution is 0.0865. The van der Waals surface area contributed by atoms with E-state index in [1.54, 1.807) is 6.08 Å². The van der Waals surface area contributed by atoms with Gasteiger partial charge in [-0.15, -0.1) is 5.11 Å².